The van der Waals surface area contributed by atoms with Crippen molar-refractivity contribution in [2.75, 3.05) is 13.1 Å². The highest BCUT2D eigenvalue weighted by Gasteiger charge is 2.42. The topological polar surface area (TPSA) is 86.7 Å². The fraction of sp³-hybridized carbons (Fsp3) is 0.550. The lowest BCUT2D eigenvalue weighted by molar-refractivity contribution is -0.149. The molecule has 1 atom stereocenters. The zero-order chi connectivity index (χ0) is 20.2. The Hall–Kier alpha value is -2.08. The first-order valence-electron chi connectivity index (χ1n) is 9.31. The summed E-state index contributed by atoms with van der Waals surface area (Å²) < 4.78 is 0. The molecule has 1 fully saturated rings. The first-order chi connectivity index (χ1) is 12.7. The first-order valence-corrected chi connectivity index (χ1v) is 9.69. The van der Waals surface area contributed by atoms with Gasteiger partial charge in [0.2, 0.25) is 11.8 Å². The number of hydrogen-bond donors (Lipinski definition) is 2. The van der Waals surface area contributed by atoms with Gasteiger partial charge >= 0.3 is 5.97 Å². The van der Waals surface area contributed by atoms with Crippen molar-refractivity contribution in [1.82, 2.24) is 10.2 Å². The van der Waals surface area contributed by atoms with Crippen LogP contribution in [-0.2, 0) is 19.9 Å². The van der Waals surface area contributed by atoms with Gasteiger partial charge in [-0.25, -0.2) is 4.79 Å². The molecule has 1 saturated heterocycles. The molecule has 0 bridgehead atoms. The number of carbonyl (C=O) groups is 3. The van der Waals surface area contributed by atoms with Gasteiger partial charge in [-0.3, -0.25) is 9.59 Å². The van der Waals surface area contributed by atoms with Crippen molar-refractivity contribution in [3.05, 3.63) is 34.9 Å². The first kappa shape index (κ1) is 21.2. The van der Waals surface area contributed by atoms with Crippen LogP contribution in [0.15, 0.2) is 24.3 Å². The second kappa shape index (κ2) is 8.74. The fourth-order valence-electron chi connectivity index (χ4n) is 3.47. The van der Waals surface area contributed by atoms with Crippen LogP contribution in [0.5, 0.6) is 0 Å². The number of benzene rings is 1. The third-order valence-electron chi connectivity index (χ3n) is 5.24. The third kappa shape index (κ3) is 4.61. The Morgan fingerprint density at radius 1 is 1.22 bits per heavy atom. The number of piperidine rings is 1. The quantitative estimate of drug-likeness (QED) is 0.776. The summed E-state index contributed by atoms with van der Waals surface area (Å²) in [5.41, 5.74) is -1.00. The van der Waals surface area contributed by atoms with Gasteiger partial charge in [-0.1, -0.05) is 44.5 Å². The van der Waals surface area contributed by atoms with E-state index in [0.717, 1.165) is 0 Å². The van der Waals surface area contributed by atoms with Crippen molar-refractivity contribution in [3.8, 4) is 0 Å². The molecular weight excluding hydrogens is 368 g/mol. The van der Waals surface area contributed by atoms with Gasteiger partial charge in [0.15, 0.2) is 5.54 Å². The molecule has 0 saturated carbocycles. The van der Waals surface area contributed by atoms with E-state index in [2.05, 4.69) is 5.32 Å². The molecular formula is C20H27ClN2O4. The standard InChI is InChI=1S/C20H27ClN2O4/c1-4-20(19(26)27,15-5-7-16(21)8-6-15)22-17(24)14-9-11-23(12-10-14)18(25)13(2)3/h5-8,13-14H,4,9-12H2,1-3H3,(H,22,24)(H,26,27). The second-order valence-electron chi connectivity index (χ2n) is 7.31. The van der Waals surface area contributed by atoms with Crippen LogP contribution >= 0.6 is 11.6 Å². The minimum atomic E-state index is -1.49. The lowest BCUT2D eigenvalue weighted by Gasteiger charge is -2.35. The fourth-order valence-corrected chi connectivity index (χ4v) is 3.59. The minimum Gasteiger partial charge on any atom is -0.479 e. The maximum absolute atomic E-state index is 12.8. The zero-order valence-corrected chi connectivity index (χ0v) is 16.8. The van der Waals surface area contributed by atoms with Gasteiger partial charge < -0.3 is 15.3 Å². The lowest BCUT2D eigenvalue weighted by Crippen LogP contribution is -2.54. The normalized spacial score (nSPS) is 17.4. The summed E-state index contributed by atoms with van der Waals surface area (Å²) >= 11 is 5.91. The van der Waals surface area contributed by atoms with Crippen LogP contribution in [0.2, 0.25) is 5.02 Å². The van der Waals surface area contributed by atoms with Crippen LogP contribution in [0.3, 0.4) is 0 Å². The zero-order valence-electron chi connectivity index (χ0n) is 16.0. The van der Waals surface area contributed by atoms with Gasteiger partial charge in [-0.15, -0.1) is 0 Å². The molecule has 6 nitrogen and oxygen atoms in total. The van der Waals surface area contributed by atoms with Crippen LogP contribution in [0.1, 0.15) is 45.6 Å². The number of rotatable bonds is 6. The van der Waals surface area contributed by atoms with Crippen molar-refractivity contribution < 1.29 is 19.5 Å². The molecule has 27 heavy (non-hydrogen) atoms. The number of hydrogen-bond acceptors (Lipinski definition) is 3. The molecule has 0 radical (unpaired) electrons. The van der Waals surface area contributed by atoms with E-state index in [1.165, 1.54) is 0 Å². The van der Waals surface area contributed by atoms with Crippen LogP contribution in [0.4, 0.5) is 0 Å². The Labute approximate surface area is 164 Å². The molecule has 1 aromatic rings. The van der Waals surface area contributed by atoms with E-state index in [-0.39, 0.29) is 30.1 Å². The highest BCUT2D eigenvalue weighted by Crippen LogP contribution is 2.29. The van der Waals surface area contributed by atoms with Gasteiger partial charge in [0.05, 0.1) is 0 Å². The van der Waals surface area contributed by atoms with E-state index in [4.69, 9.17) is 11.6 Å². The number of nitrogens with zero attached hydrogens (tertiary/aromatic N) is 1. The van der Waals surface area contributed by atoms with Crippen molar-refractivity contribution in [2.45, 2.75) is 45.6 Å². The molecule has 1 aromatic carbocycles. The van der Waals surface area contributed by atoms with Gasteiger partial charge in [-0.2, -0.15) is 0 Å². The number of carboxylic acid groups (broad SMARTS) is 1. The number of aliphatic carboxylic acids is 1. The van der Waals surface area contributed by atoms with E-state index >= 15 is 0 Å². The molecule has 1 unspecified atom stereocenters. The Morgan fingerprint density at radius 2 is 1.78 bits per heavy atom. The van der Waals surface area contributed by atoms with Crippen LogP contribution in [0.25, 0.3) is 0 Å². The smallest absolute Gasteiger partial charge is 0.334 e. The Morgan fingerprint density at radius 3 is 2.22 bits per heavy atom. The minimum absolute atomic E-state index is 0.0694. The van der Waals surface area contributed by atoms with Gasteiger partial charge in [-0.05, 0) is 37.0 Å². The van der Waals surface area contributed by atoms with E-state index in [1.807, 2.05) is 13.8 Å². The van der Waals surface area contributed by atoms with Crippen LogP contribution in [-0.4, -0.2) is 40.9 Å². The third-order valence-corrected chi connectivity index (χ3v) is 5.49. The monoisotopic (exact) mass is 394 g/mol. The summed E-state index contributed by atoms with van der Waals surface area (Å²) in [6.45, 7) is 6.48. The number of nitrogens with one attached hydrogen (secondary N) is 1. The van der Waals surface area contributed by atoms with Crippen LogP contribution < -0.4 is 5.32 Å². The number of likely N-dealkylation sites (tertiary alicyclic amines) is 1. The number of halogens is 1. The molecule has 0 spiro atoms. The molecule has 2 rings (SSSR count). The van der Waals surface area contributed by atoms with E-state index < -0.39 is 11.5 Å². The predicted molar refractivity (Wildman–Crippen MR) is 103 cm³/mol. The highest BCUT2D eigenvalue weighted by atomic mass is 35.5. The summed E-state index contributed by atoms with van der Waals surface area (Å²) in [5, 5.41) is 13.1. The molecule has 148 valence electrons. The van der Waals surface area contributed by atoms with Crippen molar-refractivity contribution in [2.24, 2.45) is 11.8 Å². The van der Waals surface area contributed by atoms with E-state index in [1.54, 1.807) is 36.1 Å². The van der Waals surface area contributed by atoms with Gasteiger partial charge in [0.25, 0.3) is 0 Å². The molecule has 2 amide bonds. The van der Waals surface area contributed by atoms with E-state index in [9.17, 15) is 19.5 Å². The molecule has 0 aromatic heterocycles. The highest BCUT2D eigenvalue weighted by molar-refractivity contribution is 6.30. The van der Waals surface area contributed by atoms with Crippen LogP contribution in [0, 0.1) is 11.8 Å². The predicted octanol–water partition coefficient (Wildman–Crippen LogP) is 3.04. The Bertz CT molecular complexity index is 696. The van der Waals surface area contributed by atoms with Crippen molar-refractivity contribution in [3.63, 3.8) is 0 Å². The second-order valence-corrected chi connectivity index (χ2v) is 7.75. The average molecular weight is 395 g/mol. The molecule has 7 heteroatoms. The summed E-state index contributed by atoms with van der Waals surface area (Å²) in [6.07, 6.45) is 1.27. The SMILES string of the molecule is CCC(NC(=O)C1CCN(C(=O)C(C)C)CC1)(C(=O)O)c1ccc(Cl)cc1. The molecule has 2 N–H and O–H groups in total. The summed E-state index contributed by atoms with van der Waals surface area (Å²) in [6, 6.07) is 6.49. The number of amides is 2. The average Bonchev–Trinajstić information content (AvgIpc) is 2.66. The van der Waals surface area contributed by atoms with Crippen molar-refractivity contribution >= 4 is 29.4 Å². The molecule has 1 aliphatic heterocycles. The number of carbonyl (C=O) groups excluding carboxylic acids is 2. The Kier molecular flexibility index (Phi) is 6.87. The lowest BCUT2D eigenvalue weighted by atomic mass is 9.85. The summed E-state index contributed by atoms with van der Waals surface area (Å²) in [4.78, 5) is 38.8. The molecule has 1 aliphatic rings. The van der Waals surface area contributed by atoms with E-state index in [0.29, 0.717) is 36.5 Å². The summed E-state index contributed by atoms with van der Waals surface area (Å²) in [5.74, 6) is -1.68. The van der Waals surface area contributed by atoms with Gasteiger partial charge in [0, 0.05) is 29.9 Å². The number of carboxylic acids is 1. The van der Waals surface area contributed by atoms with Crippen molar-refractivity contribution in [1.29, 1.82) is 0 Å². The maximum atomic E-state index is 12.8. The Balaban J connectivity index is 2.12. The maximum Gasteiger partial charge on any atom is 0.334 e. The molecule has 1 heterocycles. The van der Waals surface area contributed by atoms with Gasteiger partial charge in [0.1, 0.15) is 0 Å². The molecule has 0 aliphatic carbocycles. The largest absolute Gasteiger partial charge is 0.479 e. The summed E-state index contributed by atoms with van der Waals surface area (Å²) in [7, 11) is 0.